The predicted molar refractivity (Wildman–Crippen MR) is 114 cm³/mol. The maximum atomic E-state index is 5.71. The molecule has 2 rings (SSSR count). The SMILES string of the molecule is CCCC=CCOc1ccc(-c2ncc(CCCCCCCC)cn2)cc1. The molecule has 146 valence electrons. The van der Waals surface area contributed by atoms with Gasteiger partial charge in [-0.3, -0.25) is 0 Å². The Labute approximate surface area is 164 Å². The van der Waals surface area contributed by atoms with Crippen LogP contribution in [0.5, 0.6) is 5.75 Å². The van der Waals surface area contributed by atoms with E-state index in [4.69, 9.17) is 4.74 Å². The summed E-state index contributed by atoms with van der Waals surface area (Å²) in [5, 5.41) is 0. The van der Waals surface area contributed by atoms with Crippen molar-refractivity contribution in [2.24, 2.45) is 0 Å². The first-order chi connectivity index (χ1) is 13.3. The molecule has 3 heteroatoms. The Morgan fingerprint density at radius 3 is 2.22 bits per heavy atom. The zero-order chi connectivity index (χ0) is 19.2. The van der Waals surface area contributed by atoms with Gasteiger partial charge in [-0.2, -0.15) is 0 Å². The second-order valence-electron chi connectivity index (χ2n) is 7.03. The van der Waals surface area contributed by atoms with Crippen molar-refractivity contribution in [3.63, 3.8) is 0 Å². The van der Waals surface area contributed by atoms with Gasteiger partial charge in [-0.1, -0.05) is 64.5 Å². The molecule has 1 aromatic heterocycles. The second-order valence-corrected chi connectivity index (χ2v) is 7.03. The van der Waals surface area contributed by atoms with Crippen LogP contribution in [0.25, 0.3) is 11.4 Å². The van der Waals surface area contributed by atoms with Crippen LogP contribution in [0.15, 0.2) is 48.8 Å². The molecule has 0 aliphatic heterocycles. The summed E-state index contributed by atoms with van der Waals surface area (Å²) < 4.78 is 5.71. The Morgan fingerprint density at radius 1 is 0.815 bits per heavy atom. The molecule has 0 amide bonds. The van der Waals surface area contributed by atoms with Gasteiger partial charge < -0.3 is 4.74 Å². The molecule has 0 atom stereocenters. The molecule has 0 saturated carbocycles. The quantitative estimate of drug-likeness (QED) is 0.289. The minimum absolute atomic E-state index is 0.614. The lowest BCUT2D eigenvalue weighted by Gasteiger charge is -2.06. The Balaban J connectivity index is 1.77. The average molecular weight is 367 g/mol. The Morgan fingerprint density at radius 2 is 1.52 bits per heavy atom. The lowest BCUT2D eigenvalue weighted by Crippen LogP contribution is -1.95. The van der Waals surface area contributed by atoms with Gasteiger partial charge in [0, 0.05) is 18.0 Å². The molecule has 3 nitrogen and oxygen atoms in total. The van der Waals surface area contributed by atoms with Crippen LogP contribution in [0.4, 0.5) is 0 Å². The van der Waals surface area contributed by atoms with E-state index in [-0.39, 0.29) is 0 Å². The van der Waals surface area contributed by atoms with E-state index in [0.29, 0.717) is 6.61 Å². The van der Waals surface area contributed by atoms with Gasteiger partial charge in [0.05, 0.1) is 0 Å². The van der Waals surface area contributed by atoms with Crippen molar-refractivity contribution in [2.75, 3.05) is 6.61 Å². The van der Waals surface area contributed by atoms with E-state index < -0.39 is 0 Å². The number of benzene rings is 1. The summed E-state index contributed by atoms with van der Waals surface area (Å²) in [6, 6.07) is 8.01. The van der Waals surface area contributed by atoms with E-state index in [1.807, 2.05) is 36.7 Å². The van der Waals surface area contributed by atoms with Crippen LogP contribution >= 0.6 is 0 Å². The number of rotatable bonds is 13. The van der Waals surface area contributed by atoms with Gasteiger partial charge in [-0.05, 0) is 49.1 Å². The van der Waals surface area contributed by atoms with Gasteiger partial charge in [0.15, 0.2) is 5.82 Å². The average Bonchev–Trinajstić information content (AvgIpc) is 2.71. The first kappa shape index (κ1) is 21.1. The summed E-state index contributed by atoms with van der Waals surface area (Å²) >= 11 is 0. The van der Waals surface area contributed by atoms with E-state index in [1.54, 1.807) is 0 Å². The van der Waals surface area contributed by atoms with Crippen molar-refractivity contribution < 1.29 is 4.74 Å². The summed E-state index contributed by atoms with van der Waals surface area (Å²) in [7, 11) is 0. The lowest BCUT2D eigenvalue weighted by molar-refractivity contribution is 0.362. The van der Waals surface area contributed by atoms with Gasteiger partial charge >= 0.3 is 0 Å². The summed E-state index contributed by atoms with van der Waals surface area (Å²) in [6.07, 6.45) is 19.4. The van der Waals surface area contributed by atoms with E-state index >= 15 is 0 Å². The van der Waals surface area contributed by atoms with Crippen LogP contribution in [-0.4, -0.2) is 16.6 Å². The van der Waals surface area contributed by atoms with Crippen molar-refractivity contribution in [2.45, 2.75) is 71.6 Å². The van der Waals surface area contributed by atoms with Crippen molar-refractivity contribution in [3.8, 4) is 17.1 Å². The van der Waals surface area contributed by atoms with Crippen LogP contribution < -0.4 is 4.74 Å². The fraction of sp³-hybridized carbons (Fsp3) is 0.500. The molecule has 2 aromatic rings. The molecule has 1 heterocycles. The van der Waals surface area contributed by atoms with Crippen LogP contribution in [0.1, 0.15) is 70.8 Å². The number of hydrogen-bond donors (Lipinski definition) is 0. The Hall–Kier alpha value is -2.16. The topological polar surface area (TPSA) is 35.0 Å². The largest absolute Gasteiger partial charge is 0.490 e. The van der Waals surface area contributed by atoms with Gasteiger partial charge in [-0.25, -0.2) is 9.97 Å². The third-order valence-electron chi connectivity index (χ3n) is 4.61. The summed E-state index contributed by atoms with van der Waals surface area (Å²) in [5.41, 5.74) is 2.25. The van der Waals surface area contributed by atoms with Gasteiger partial charge in [0.1, 0.15) is 12.4 Å². The highest BCUT2D eigenvalue weighted by Crippen LogP contribution is 2.19. The number of aryl methyl sites for hydroxylation is 1. The fourth-order valence-electron chi connectivity index (χ4n) is 2.94. The number of unbranched alkanes of at least 4 members (excludes halogenated alkanes) is 6. The van der Waals surface area contributed by atoms with Crippen LogP contribution in [0.3, 0.4) is 0 Å². The number of ether oxygens (including phenoxy) is 1. The third-order valence-corrected chi connectivity index (χ3v) is 4.61. The zero-order valence-corrected chi connectivity index (χ0v) is 17.0. The van der Waals surface area contributed by atoms with Crippen molar-refractivity contribution in [1.29, 1.82) is 0 Å². The van der Waals surface area contributed by atoms with Gasteiger partial charge in [-0.15, -0.1) is 0 Å². The number of nitrogens with zero attached hydrogens (tertiary/aromatic N) is 2. The van der Waals surface area contributed by atoms with Crippen LogP contribution in [-0.2, 0) is 6.42 Å². The Kier molecular flexibility index (Phi) is 10.2. The maximum absolute atomic E-state index is 5.71. The highest BCUT2D eigenvalue weighted by molar-refractivity contribution is 5.55. The summed E-state index contributed by atoms with van der Waals surface area (Å²) in [4.78, 5) is 9.08. The molecule has 1 aromatic carbocycles. The highest BCUT2D eigenvalue weighted by Gasteiger charge is 2.03. The van der Waals surface area contributed by atoms with Crippen LogP contribution in [0.2, 0.25) is 0 Å². The monoisotopic (exact) mass is 366 g/mol. The molecule has 0 aliphatic carbocycles. The molecule has 0 N–H and O–H groups in total. The molecule has 27 heavy (non-hydrogen) atoms. The molecule has 0 saturated heterocycles. The predicted octanol–water partition coefficient (Wildman–Crippen LogP) is 6.78. The number of allylic oxidation sites excluding steroid dienone is 1. The molecule has 0 fully saturated rings. The number of hydrogen-bond acceptors (Lipinski definition) is 3. The van der Waals surface area contributed by atoms with Gasteiger partial charge in [0.25, 0.3) is 0 Å². The molecule has 0 radical (unpaired) electrons. The summed E-state index contributed by atoms with van der Waals surface area (Å²) in [6.45, 7) is 5.04. The van der Waals surface area contributed by atoms with Gasteiger partial charge in [0.2, 0.25) is 0 Å². The fourth-order valence-corrected chi connectivity index (χ4v) is 2.94. The summed E-state index contributed by atoms with van der Waals surface area (Å²) in [5.74, 6) is 1.65. The minimum Gasteiger partial charge on any atom is -0.490 e. The van der Waals surface area contributed by atoms with Crippen molar-refractivity contribution >= 4 is 0 Å². The van der Waals surface area contributed by atoms with E-state index in [2.05, 4.69) is 36.0 Å². The molecule has 0 bridgehead atoms. The first-order valence-electron chi connectivity index (χ1n) is 10.5. The van der Waals surface area contributed by atoms with Crippen molar-refractivity contribution in [3.05, 3.63) is 54.4 Å². The Bertz CT molecular complexity index is 647. The first-order valence-corrected chi connectivity index (χ1v) is 10.5. The second kappa shape index (κ2) is 13.1. The lowest BCUT2D eigenvalue weighted by atomic mass is 10.1. The smallest absolute Gasteiger partial charge is 0.159 e. The van der Waals surface area contributed by atoms with Crippen molar-refractivity contribution in [1.82, 2.24) is 9.97 Å². The third kappa shape index (κ3) is 8.38. The standard InChI is InChI=1S/C24H34N2O/c1-3-5-7-9-10-11-13-21-19-25-24(26-20-21)22-14-16-23(17-15-22)27-18-12-8-6-4-2/h8,12,14-17,19-20H,3-7,9-11,13,18H2,1-2H3. The molecular formula is C24H34N2O. The zero-order valence-electron chi connectivity index (χ0n) is 17.0. The van der Waals surface area contributed by atoms with E-state index in [0.717, 1.165) is 30.0 Å². The normalized spacial score (nSPS) is 11.2. The molecular weight excluding hydrogens is 332 g/mol. The molecule has 0 aliphatic rings. The highest BCUT2D eigenvalue weighted by atomic mass is 16.5. The minimum atomic E-state index is 0.614. The molecule has 0 spiro atoms. The number of aromatic nitrogens is 2. The maximum Gasteiger partial charge on any atom is 0.159 e. The van der Waals surface area contributed by atoms with E-state index in [9.17, 15) is 0 Å². The molecule has 0 unspecified atom stereocenters. The van der Waals surface area contributed by atoms with Crippen LogP contribution in [0, 0.1) is 0 Å². The van der Waals surface area contributed by atoms with E-state index in [1.165, 1.54) is 50.5 Å².